The van der Waals surface area contributed by atoms with Crippen molar-refractivity contribution in [1.82, 2.24) is 9.97 Å². The lowest BCUT2D eigenvalue weighted by molar-refractivity contribution is -0.122. The van der Waals surface area contributed by atoms with Crippen molar-refractivity contribution in [2.24, 2.45) is 0 Å². The molecule has 0 fully saturated rings. The molecule has 31 heavy (non-hydrogen) atoms. The van der Waals surface area contributed by atoms with Gasteiger partial charge in [0, 0.05) is 17.6 Å². The number of aryl methyl sites for hydroxylation is 2. The molecule has 1 amide bonds. The van der Waals surface area contributed by atoms with Gasteiger partial charge in [0.15, 0.2) is 6.10 Å². The van der Waals surface area contributed by atoms with E-state index < -0.39 is 16.1 Å². The molecule has 1 aromatic heterocycles. The van der Waals surface area contributed by atoms with Gasteiger partial charge in [0.25, 0.3) is 15.9 Å². The molecule has 1 atom stereocenters. The van der Waals surface area contributed by atoms with E-state index in [4.69, 9.17) is 4.74 Å². The van der Waals surface area contributed by atoms with Gasteiger partial charge in [-0.1, -0.05) is 19.1 Å². The monoisotopic (exact) mass is 440 g/mol. The molecular formula is C22H24N4O4S. The average Bonchev–Trinajstić information content (AvgIpc) is 2.72. The van der Waals surface area contributed by atoms with Crippen LogP contribution in [0.15, 0.2) is 65.7 Å². The minimum absolute atomic E-state index is 0.00327. The molecule has 0 radical (unpaired) electrons. The molecule has 0 bridgehead atoms. The molecule has 8 nitrogen and oxygen atoms in total. The van der Waals surface area contributed by atoms with Gasteiger partial charge < -0.3 is 10.1 Å². The third-order valence-electron chi connectivity index (χ3n) is 4.38. The van der Waals surface area contributed by atoms with Crippen molar-refractivity contribution >= 4 is 27.6 Å². The topological polar surface area (TPSA) is 110 Å². The van der Waals surface area contributed by atoms with Crippen molar-refractivity contribution in [1.29, 1.82) is 0 Å². The van der Waals surface area contributed by atoms with Crippen LogP contribution in [0.2, 0.25) is 0 Å². The van der Waals surface area contributed by atoms with Crippen LogP contribution >= 0.6 is 0 Å². The maximum absolute atomic E-state index is 12.6. The molecule has 3 rings (SSSR count). The highest BCUT2D eigenvalue weighted by Crippen LogP contribution is 2.19. The van der Waals surface area contributed by atoms with Crippen LogP contribution in [0.3, 0.4) is 0 Å². The first-order chi connectivity index (χ1) is 14.8. The van der Waals surface area contributed by atoms with Crippen LogP contribution in [-0.4, -0.2) is 30.4 Å². The minimum atomic E-state index is -3.85. The predicted molar refractivity (Wildman–Crippen MR) is 119 cm³/mol. The fourth-order valence-electron chi connectivity index (χ4n) is 2.79. The second-order valence-electron chi connectivity index (χ2n) is 6.97. The zero-order valence-electron chi connectivity index (χ0n) is 17.5. The standard InChI is InChI=1S/C22H24N4O4S/c1-4-20(30-18-7-5-6-15(2)14-18)21(27)25-17-8-10-19(11-9-17)31(28,29)26-22-23-13-12-16(3)24-22/h5-14,20H,4H2,1-3H3,(H,25,27)(H,23,24,26)/t20-/m0/s1. The van der Waals surface area contributed by atoms with Crippen LogP contribution in [0, 0.1) is 13.8 Å². The molecule has 0 saturated heterocycles. The molecule has 2 N–H and O–H groups in total. The van der Waals surface area contributed by atoms with E-state index in [1.807, 2.05) is 32.0 Å². The Kier molecular flexibility index (Phi) is 6.86. The number of sulfonamides is 1. The van der Waals surface area contributed by atoms with Crippen molar-refractivity contribution in [3.8, 4) is 5.75 Å². The number of aromatic nitrogens is 2. The van der Waals surface area contributed by atoms with E-state index >= 15 is 0 Å². The molecule has 0 unspecified atom stereocenters. The molecular weight excluding hydrogens is 416 g/mol. The molecule has 0 saturated carbocycles. The van der Waals surface area contributed by atoms with Crippen LogP contribution in [0.1, 0.15) is 24.6 Å². The molecule has 9 heteroatoms. The third kappa shape index (κ3) is 6.02. The summed E-state index contributed by atoms with van der Waals surface area (Å²) in [5.74, 6) is 0.301. The molecule has 2 aromatic carbocycles. The SMILES string of the molecule is CC[C@H](Oc1cccc(C)c1)C(=O)Nc1ccc(S(=O)(=O)Nc2nccc(C)n2)cc1. The van der Waals surface area contributed by atoms with Gasteiger partial charge in [0.2, 0.25) is 5.95 Å². The molecule has 162 valence electrons. The summed E-state index contributed by atoms with van der Waals surface area (Å²) in [6.45, 7) is 5.54. The van der Waals surface area contributed by atoms with E-state index in [-0.39, 0.29) is 16.8 Å². The number of hydrogen-bond acceptors (Lipinski definition) is 6. The molecule has 3 aromatic rings. The van der Waals surface area contributed by atoms with Crippen LogP contribution < -0.4 is 14.8 Å². The van der Waals surface area contributed by atoms with Gasteiger partial charge in [-0.05, 0) is 68.3 Å². The summed E-state index contributed by atoms with van der Waals surface area (Å²) in [5, 5.41) is 2.76. The maximum atomic E-state index is 12.6. The van der Waals surface area contributed by atoms with Gasteiger partial charge in [0.05, 0.1) is 4.90 Å². The number of rotatable bonds is 8. The summed E-state index contributed by atoms with van der Waals surface area (Å²) in [5.41, 5.74) is 2.14. The molecule has 0 aliphatic carbocycles. The van der Waals surface area contributed by atoms with Gasteiger partial charge in [-0.25, -0.2) is 23.1 Å². The van der Waals surface area contributed by atoms with E-state index in [1.54, 1.807) is 19.1 Å². The Morgan fingerprint density at radius 1 is 1.10 bits per heavy atom. The number of nitrogens with one attached hydrogen (secondary N) is 2. The first kappa shape index (κ1) is 22.2. The molecule has 1 heterocycles. The lowest BCUT2D eigenvalue weighted by Gasteiger charge is -2.17. The summed E-state index contributed by atoms with van der Waals surface area (Å²) in [7, 11) is -3.85. The summed E-state index contributed by atoms with van der Waals surface area (Å²) in [6, 6.07) is 15.0. The van der Waals surface area contributed by atoms with Gasteiger partial charge in [-0.2, -0.15) is 0 Å². The third-order valence-corrected chi connectivity index (χ3v) is 5.73. The molecule has 0 aliphatic heterocycles. The number of carbonyl (C=O) groups excluding carboxylic acids is 1. The highest BCUT2D eigenvalue weighted by Gasteiger charge is 2.20. The number of amides is 1. The fraction of sp³-hybridized carbons (Fsp3) is 0.227. The van der Waals surface area contributed by atoms with E-state index in [0.29, 0.717) is 23.6 Å². The number of carbonyl (C=O) groups is 1. The number of anilines is 2. The molecule has 0 aliphatic rings. The van der Waals surface area contributed by atoms with E-state index in [9.17, 15) is 13.2 Å². The predicted octanol–water partition coefficient (Wildman–Crippen LogP) is 3.69. The minimum Gasteiger partial charge on any atom is -0.481 e. The normalized spacial score (nSPS) is 12.1. The summed E-state index contributed by atoms with van der Waals surface area (Å²) in [6.07, 6.45) is 1.28. The van der Waals surface area contributed by atoms with Gasteiger partial charge >= 0.3 is 0 Å². The lowest BCUT2D eigenvalue weighted by Crippen LogP contribution is -2.32. The van der Waals surface area contributed by atoms with Crippen molar-refractivity contribution in [3.63, 3.8) is 0 Å². The van der Waals surface area contributed by atoms with Gasteiger partial charge in [-0.3, -0.25) is 4.79 Å². The van der Waals surface area contributed by atoms with E-state index in [0.717, 1.165) is 5.56 Å². The van der Waals surface area contributed by atoms with Gasteiger partial charge in [-0.15, -0.1) is 0 Å². The Balaban J connectivity index is 1.67. The summed E-state index contributed by atoms with van der Waals surface area (Å²) in [4.78, 5) is 20.6. The number of hydrogen-bond donors (Lipinski definition) is 2. The average molecular weight is 441 g/mol. The van der Waals surface area contributed by atoms with Gasteiger partial charge in [0.1, 0.15) is 5.75 Å². The second-order valence-corrected chi connectivity index (χ2v) is 8.65. The molecule has 0 spiro atoms. The maximum Gasteiger partial charge on any atom is 0.265 e. The number of benzene rings is 2. The zero-order valence-corrected chi connectivity index (χ0v) is 18.3. The smallest absolute Gasteiger partial charge is 0.265 e. The largest absolute Gasteiger partial charge is 0.481 e. The van der Waals surface area contributed by atoms with E-state index in [2.05, 4.69) is 20.0 Å². The summed E-state index contributed by atoms with van der Waals surface area (Å²) >= 11 is 0. The Hall–Kier alpha value is -3.46. The zero-order chi connectivity index (χ0) is 22.4. The van der Waals surface area contributed by atoms with Crippen molar-refractivity contribution in [2.75, 3.05) is 10.0 Å². The fourth-order valence-corrected chi connectivity index (χ4v) is 3.74. The number of nitrogens with zero attached hydrogens (tertiary/aromatic N) is 2. The second kappa shape index (κ2) is 9.57. The Morgan fingerprint density at radius 2 is 1.84 bits per heavy atom. The Morgan fingerprint density at radius 3 is 2.48 bits per heavy atom. The lowest BCUT2D eigenvalue weighted by atomic mass is 10.2. The highest BCUT2D eigenvalue weighted by molar-refractivity contribution is 7.92. The van der Waals surface area contributed by atoms with Crippen LogP contribution in [0.5, 0.6) is 5.75 Å². The number of ether oxygens (including phenoxy) is 1. The Bertz CT molecular complexity index is 1160. The van der Waals surface area contributed by atoms with E-state index in [1.165, 1.54) is 30.5 Å². The Labute approximate surface area is 181 Å². The first-order valence-corrected chi connectivity index (χ1v) is 11.2. The highest BCUT2D eigenvalue weighted by atomic mass is 32.2. The quantitative estimate of drug-likeness (QED) is 0.553. The van der Waals surface area contributed by atoms with Crippen LogP contribution in [-0.2, 0) is 14.8 Å². The summed E-state index contributed by atoms with van der Waals surface area (Å²) < 4.78 is 33.2. The van der Waals surface area contributed by atoms with Crippen molar-refractivity contribution < 1.29 is 17.9 Å². The van der Waals surface area contributed by atoms with Crippen LogP contribution in [0.4, 0.5) is 11.6 Å². The van der Waals surface area contributed by atoms with Crippen LogP contribution in [0.25, 0.3) is 0 Å². The van der Waals surface area contributed by atoms with Crippen molar-refractivity contribution in [2.45, 2.75) is 38.2 Å². The van der Waals surface area contributed by atoms with Crippen molar-refractivity contribution in [3.05, 3.63) is 72.1 Å². The first-order valence-electron chi connectivity index (χ1n) is 9.73.